The molecule has 1 saturated heterocycles. The Hall–Kier alpha value is -1.10. The third-order valence-corrected chi connectivity index (χ3v) is 2.02. The van der Waals surface area contributed by atoms with Crippen LogP contribution in [-0.4, -0.2) is 60.0 Å². The van der Waals surface area contributed by atoms with E-state index in [1.807, 2.05) is 0 Å². The summed E-state index contributed by atoms with van der Waals surface area (Å²) in [4.78, 5) is 24.8. The topological polar surface area (TPSA) is 60.9 Å². The summed E-state index contributed by atoms with van der Waals surface area (Å²) in [5.41, 5.74) is 0. The van der Waals surface area contributed by atoms with Gasteiger partial charge in [0, 0.05) is 13.1 Å². The average Bonchev–Trinajstić information content (AvgIpc) is 1.78. The highest BCUT2D eigenvalue weighted by Crippen LogP contribution is 2.05. The zero-order chi connectivity index (χ0) is 9.84. The van der Waals surface area contributed by atoms with Gasteiger partial charge in [-0.1, -0.05) is 0 Å². The van der Waals surface area contributed by atoms with Gasteiger partial charge in [-0.25, -0.2) is 0 Å². The first-order valence-electron chi connectivity index (χ1n) is 4.27. The highest BCUT2D eigenvalue weighted by Gasteiger charge is 2.21. The van der Waals surface area contributed by atoms with Crippen LogP contribution in [-0.2, 0) is 9.59 Å². The van der Waals surface area contributed by atoms with E-state index in [0.717, 1.165) is 19.5 Å². The van der Waals surface area contributed by atoms with Crippen LogP contribution in [0.3, 0.4) is 0 Å². The summed E-state index contributed by atoms with van der Waals surface area (Å²) >= 11 is 0. The maximum absolute atomic E-state index is 11.3. The molecule has 1 aliphatic rings. The Morgan fingerprint density at radius 2 is 2.00 bits per heavy atom. The van der Waals surface area contributed by atoms with Gasteiger partial charge in [0.1, 0.15) is 0 Å². The van der Waals surface area contributed by atoms with Crippen molar-refractivity contribution in [2.24, 2.45) is 0 Å². The molecule has 0 radical (unpaired) electrons. The highest BCUT2D eigenvalue weighted by molar-refractivity contribution is 5.79. The van der Waals surface area contributed by atoms with Gasteiger partial charge < -0.3 is 10.0 Å². The number of hydrogen-bond donors (Lipinski definition) is 1. The third-order valence-electron chi connectivity index (χ3n) is 2.02. The molecule has 1 amide bonds. The summed E-state index contributed by atoms with van der Waals surface area (Å²) in [7, 11) is 1.63. The number of amides is 1. The molecule has 0 bridgehead atoms. The van der Waals surface area contributed by atoms with Crippen molar-refractivity contribution in [3.63, 3.8) is 0 Å². The number of carbonyl (C=O) groups is 2. The molecular formula is C8H14N2O3. The van der Waals surface area contributed by atoms with Crippen LogP contribution < -0.4 is 0 Å². The minimum absolute atomic E-state index is 0.0231. The second kappa shape index (κ2) is 4.23. The Labute approximate surface area is 76.9 Å². The van der Waals surface area contributed by atoms with Crippen LogP contribution in [0.1, 0.15) is 6.42 Å². The lowest BCUT2D eigenvalue weighted by molar-refractivity contribution is -0.140. The largest absolute Gasteiger partial charge is 0.480 e. The second-order valence-corrected chi connectivity index (χ2v) is 3.30. The fraction of sp³-hybridized carbons (Fsp3) is 0.750. The maximum atomic E-state index is 11.3. The molecular weight excluding hydrogens is 172 g/mol. The summed E-state index contributed by atoms with van der Waals surface area (Å²) in [5, 5.41) is 8.44. The lowest BCUT2D eigenvalue weighted by atomic mass is 10.2. The molecule has 0 unspecified atom stereocenters. The molecule has 1 N–H and O–H groups in total. The first-order valence-corrected chi connectivity index (χ1v) is 4.27. The molecule has 0 aliphatic carbocycles. The van der Waals surface area contributed by atoms with Crippen LogP contribution in [0.2, 0.25) is 0 Å². The van der Waals surface area contributed by atoms with Gasteiger partial charge in [0.2, 0.25) is 5.91 Å². The molecule has 1 rings (SSSR count). The Balaban J connectivity index is 2.22. The Kier molecular flexibility index (Phi) is 3.25. The molecule has 1 heterocycles. The van der Waals surface area contributed by atoms with E-state index in [0.29, 0.717) is 0 Å². The Morgan fingerprint density at radius 3 is 2.38 bits per heavy atom. The van der Waals surface area contributed by atoms with Crippen LogP contribution in [0, 0.1) is 0 Å². The first kappa shape index (κ1) is 9.98. The van der Waals surface area contributed by atoms with E-state index in [-0.39, 0.29) is 19.0 Å². The zero-order valence-electron chi connectivity index (χ0n) is 7.69. The molecule has 0 atom stereocenters. The molecule has 5 nitrogen and oxygen atoms in total. The van der Waals surface area contributed by atoms with E-state index in [1.165, 1.54) is 4.90 Å². The number of likely N-dealkylation sites (tertiary alicyclic amines) is 1. The van der Waals surface area contributed by atoms with E-state index < -0.39 is 5.97 Å². The van der Waals surface area contributed by atoms with Gasteiger partial charge in [0.15, 0.2) is 0 Å². The molecule has 0 aromatic rings. The molecule has 5 heteroatoms. The summed E-state index contributed by atoms with van der Waals surface area (Å²) < 4.78 is 0. The molecule has 0 spiro atoms. The smallest absolute Gasteiger partial charge is 0.317 e. The third kappa shape index (κ3) is 3.02. The number of aliphatic carboxylic acids is 1. The van der Waals surface area contributed by atoms with Crippen LogP contribution in [0.25, 0.3) is 0 Å². The minimum atomic E-state index is -0.904. The van der Waals surface area contributed by atoms with Crippen molar-refractivity contribution in [1.82, 2.24) is 9.80 Å². The van der Waals surface area contributed by atoms with Gasteiger partial charge in [-0.15, -0.1) is 0 Å². The van der Waals surface area contributed by atoms with Gasteiger partial charge >= 0.3 is 5.97 Å². The molecule has 1 aliphatic heterocycles. The van der Waals surface area contributed by atoms with E-state index in [1.54, 1.807) is 11.9 Å². The number of hydrogen-bond acceptors (Lipinski definition) is 3. The first-order chi connectivity index (χ1) is 6.09. The molecule has 74 valence electrons. The van der Waals surface area contributed by atoms with Crippen molar-refractivity contribution in [2.45, 2.75) is 6.42 Å². The fourth-order valence-electron chi connectivity index (χ4n) is 1.18. The second-order valence-electron chi connectivity index (χ2n) is 3.30. The molecule has 0 aromatic heterocycles. The number of rotatable bonds is 4. The number of carboxylic acid groups (broad SMARTS) is 1. The molecule has 0 saturated carbocycles. The number of likely N-dealkylation sites (N-methyl/N-ethyl adjacent to an activating group) is 1. The minimum Gasteiger partial charge on any atom is -0.480 e. The Bertz CT molecular complexity index is 213. The van der Waals surface area contributed by atoms with Crippen LogP contribution in [0.15, 0.2) is 0 Å². The number of carboxylic acids is 1. The highest BCUT2D eigenvalue weighted by atomic mass is 16.4. The van der Waals surface area contributed by atoms with E-state index >= 15 is 0 Å². The Morgan fingerprint density at radius 1 is 1.38 bits per heavy atom. The van der Waals surface area contributed by atoms with Crippen LogP contribution in [0.5, 0.6) is 0 Å². The average molecular weight is 186 g/mol. The van der Waals surface area contributed by atoms with E-state index in [9.17, 15) is 9.59 Å². The van der Waals surface area contributed by atoms with Crippen LogP contribution in [0.4, 0.5) is 0 Å². The SMILES string of the molecule is CN(CC(=O)O)CC(=O)N1CCC1. The van der Waals surface area contributed by atoms with Crippen molar-refractivity contribution in [3.05, 3.63) is 0 Å². The van der Waals surface area contributed by atoms with Crippen molar-refractivity contribution in [1.29, 1.82) is 0 Å². The summed E-state index contributed by atoms with van der Waals surface area (Å²) in [5.74, 6) is -0.881. The van der Waals surface area contributed by atoms with Gasteiger partial charge in [-0.05, 0) is 13.5 Å². The van der Waals surface area contributed by atoms with Gasteiger partial charge in [0.25, 0.3) is 0 Å². The maximum Gasteiger partial charge on any atom is 0.317 e. The number of nitrogens with zero attached hydrogens (tertiary/aromatic N) is 2. The number of carbonyl (C=O) groups excluding carboxylic acids is 1. The normalized spacial score (nSPS) is 15.7. The van der Waals surface area contributed by atoms with E-state index in [2.05, 4.69) is 0 Å². The van der Waals surface area contributed by atoms with Gasteiger partial charge in [0.05, 0.1) is 13.1 Å². The predicted octanol–water partition coefficient (Wildman–Crippen LogP) is -0.765. The quantitative estimate of drug-likeness (QED) is 0.626. The van der Waals surface area contributed by atoms with Gasteiger partial charge in [-0.2, -0.15) is 0 Å². The van der Waals surface area contributed by atoms with Crippen LogP contribution >= 0.6 is 0 Å². The monoisotopic (exact) mass is 186 g/mol. The van der Waals surface area contributed by atoms with Crippen molar-refractivity contribution >= 4 is 11.9 Å². The molecule has 13 heavy (non-hydrogen) atoms. The predicted molar refractivity (Wildman–Crippen MR) is 46.3 cm³/mol. The summed E-state index contributed by atoms with van der Waals surface area (Å²) in [6.45, 7) is 1.76. The lowest BCUT2D eigenvalue weighted by Gasteiger charge is -2.32. The summed E-state index contributed by atoms with van der Waals surface area (Å²) in [6.07, 6.45) is 1.06. The van der Waals surface area contributed by atoms with Crippen molar-refractivity contribution in [2.75, 3.05) is 33.2 Å². The zero-order valence-corrected chi connectivity index (χ0v) is 7.69. The molecule has 1 fully saturated rings. The fourth-order valence-corrected chi connectivity index (χ4v) is 1.18. The summed E-state index contributed by atoms with van der Waals surface area (Å²) in [6, 6.07) is 0. The standard InChI is InChI=1S/C8H14N2O3/c1-9(6-8(12)13)5-7(11)10-3-2-4-10/h2-6H2,1H3,(H,12,13). The van der Waals surface area contributed by atoms with Crippen molar-refractivity contribution in [3.8, 4) is 0 Å². The van der Waals surface area contributed by atoms with Crippen molar-refractivity contribution < 1.29 is 14.7 Å². The lowest BCUT2D eigenvalue weighted by Crippen LogP contribution is -2.47. The van der Waals surface area contributed by atoms with Gasteiger partial charge in [-0.3, -0.25) is 14.5 Å². The van der Waals surface area contributed by atoms with E-state index in [4.69, 9.17) is 5.11 Å². The molecule has 0 aromatic carbocycles.